The van der Waals surface area contributed by atoms with Crippen molar-refractivity contribution in [2.75, 3.05) is 17.2 Å². The third-order valence-electron chi connectivity index (χ3n) is 2.82. The first-order chi connectivity index (χ1) is 8.56. The Balaban J connectivity index is 2.00. The first-order valence-corrected chi connectivity index (χ1v) is 6.57. The Hall–Kier alpha value is -1.56. The highest BCUT2D eigenvalue weighted by Gasteiger charge is 2.30. The standard InChI is InChI=1S/C12H14FN3OS/c13-9-1-3-10(4-2-9)16-6-8(5-11(16)17)7-18-12(14)15/h1-4,8H,5-7H2,(H3,14,15)/t8-/m0/s1. The molecule has 6 heteroatoms. The molecule has 0 bridgehead atoms. The van der Waals surface area contributed by atoms with Gasteiger partial charge in [0.2, 0.25) is 5.91 Å². The maximum absolute atomic E-state index is 12.8. The highest BCUT2D eigenvalue weighted by Crippen LogP contribution is 2.27. The average Bonchev–Trinajstić information content (AvgIpc) is 2.69. The van der Waals surface area contributed by atoms with Crippen molar-refractivity contribution >= 4 is 28.5 Å². The number of hydrogen-bond acceptors (Lipinski definition) is 3. The normalized spacial score (nSPS) is 19.3. The fraction of sp³-hybridized carbons (Fsp3) is 0.333. The molecule has 0 aliphatic carbocycles. The van der Waals surface area contributed by atoms with Crippen LogP contribution in [-0.4, -0.2) is 23.4 Å². The predicted octanol–water partition coefficient (Wildman–Crippen LogP) is 1.81. The van der Waals surface area contributed by atoms with Crippen LogP contribution in [0.2, 0.25) is 0 Å². The molecule has 4 nitrogen and oxygen atoms in total. The predicted molar refractivity (Wildman–Crippen MR) is 71.2 cm³/mol. The van der Waals surface area contributed by atoms with Crippen molar-refractivity contribution in [1.82, 2.24) is 0 Å². The summed E-state index contributed by atoms with van der Waals surface area (Å²) >= 11 is 1.25. The highest BCUT2D eigenvalue weighted by molar-refractivity contribution is 8.13. The lowest BCUT2D eigenvalue weighted by Crippen LogP contribution is -2.24. The van der Waals surface area contributed by atoms with Gasteiger partial charge >= 0.3 is 0 Å². The lowest BCUT2D eigenvalue weighted by Gasteiger charge is -2.16. The second kappa shape index (κ2) is 5.39. The van der Waals surface area contributed by atoms with Gasteiger partial charge in [-0.05, 0) is 30.2 Å². The van der Waals surface area contributed by atoms with E-state index >= 15 is 0 Å². The maximum atomic E-state index is 12.8. The van der Waals surface area contributed by atoms with Crippen LogP contribution >= 0.6 is 11.8 Å². The van der Waals surface area contributed by atoms with E-state index in [0.29, 0.717) is 18.7 Å². The van der Waals surface area contributed by atoms with Gasteiger partial charge in [-0.1, -0.05) is 11.8 Å². The van der Waals surface area contributed by atoms with Crippen molar-refractivity contribution in [3.05, 3.63) is 30.1 Å². The molecule has 0 saturated carbocycles. The van der Waals surface area contributed by atoms with Gasteiger partial charge in [0.15, 0.2) is 5.17 Å². The van der Waals surface area contributed by atoms with E-state index in [0.717, 1.165) is 5.69 Å². The molecule has 1 amide bonds. The number of amides is 1. The molecule has 1 aromatic carbocycles. The number of rotatable bonds is 3. The molecular formula is C12H14FN3OS. The van der Waals surface area contributed by atoms with Crippen molar-refractivity contribution in [3.8, 4) is 0 Å². The Morgan fingerprint density at radius 1 is 1.50 bits per heavy atom. The van der Waals surface area contributed by atoms with Crippen LogP contribution in [0.4, 0.5) is 10.1 Å². The number of nitrogens with two attached hydrogens (primary N) is 1. The summed E-state index contributed by atoms with van der Waals surface area (Å²) < 4.78 is 12.8. The molecule has 96 valence electrons. The number of carbonyl (C=O) groups is 1. The molecule has 1 aliphatic rings. The van der Waals surface area contributed by atoms with Gasteiger partial charge in [0.1, 0.15) is 5.82 Å². The van der Waals surface area contributed by atoms with Crippen molar-refractivity contribution in [1.29, 1.82) is 5.41 Å². The van der Waals surface area contributed by atoms with Gasteiger partial charge in [-0.15, -0.1) is 0 Å². The van der Waals surface area contributed by atoms with E-state index in [1.807, 2.05) is 0 Å². The SMILES string of the molecule is N=C(N)SC[C@H]1CC(=O)N(c2ccc(F)cc2)C1. The van der Waals surface area contributed by atoms with E-state index in [4.69, 9.17) is 11.1 Å². The Morgan fingerprint density at radius 2 is 2.17 bits per heavy atom. The minimum atomic E-state index is -0.311. The van der Waals surface area contributed by atoms with Gasteiger partial charge < -0.3 is 10.6 Å². The summed E-state index contributed by atoms with van der Waals surface area (Å²) in [4.78, 5) is 13.5. The zero-order valence-electron chi connectivity index (χ0n) is 9.73. The number of carbonyl (C=O) groups excluding carboxylic acids is 1. The monoisotopic (exact) mass is 267 g/mol. The van der Waals surface area contributed by atoms with Crippen molar-refractivity contribution in [3.63, 3.8) is 0 Å². The number of anilines is 1. The summed E-state index contributed by atoms with van der Waals surface area (Å²) in [6.45, 7) is 0.602. The van der Waals surface area contributed by atoms with E-state index in [-0.39, 0.29) is 22.8 Å². The molecule has 0 aromatic heterocycles. The Kier molecular flexibility index (Phi) is 3.86. The topological polar surface area (TPSA) is 70.2 Å². The van der Waals surface area contributed by atoms with E-state index in [1.165, 1.54) is 23.9 Å². The van der Waals surface area contributed by atoms with Gasteiger partial charge in [-0.2, -0.15) is 0 Å². The second-order valence-corrected chi connectivity index (χ2v) is 5.29. The molecule has 1 aromatic rings. The lowest BCUT2D eigenvalue weighted by atomic mass is 10.1. The molecule has 0 unspecified atom stereocenters. The molecule has 0 radical (unpaired) electrons. The van der Waals surface area contributed by atoms with Gasteiger partial charge in [-0.25, -0.2) is 4.39 Å². The molecule has 1 aliphatic heterocycles. The van der Waals surface area contributed by atoms with E-state index in [9.17, 15) is 9.18 Å². The van der Waals surface area contributed by atoms with Crippen LogP contribution in [0, 0.1) is 17.1 Å². The Morgan fingerprint density at radius 3 is 2.78 bits per heavy atom. The first kappa shape index (κ1) is 12.9. The highest BCUT2D eigenvalue weighted by atomic mass is 32.2. The molecule has 2 rings (SSSR count). The van der Waals surface area contributed by atoms with Crippen LogP contribution in [0.3, 0.4) is 0 Å². The zero-order chi connectivity index (χ0) is 13.1. The van der Waals surface area contributed by atoms with Gasteiger partial charge in [0.05, 0.1) is 0 Å². The molecule has 1 saturated heterocycles. The summed E-state index contributed by atoms with van der Waals surface area (Å²) in [5.41, 5.74) is 5.99. The molecule has 1 atom stereocenters. The fourth-order valence-electron chi connectivity index (χ4n) is 1.97. The molecule has 3 N–H and O–H groups in total. The van der Waals surface area contributed by atoms with E-state index in [1.54, 1.807) is 17.0 Å². The summed E-state index contributed by atoms with van der Waals surface area (Å²) in [5.74, 6) is 0.583. The van der Waals surface area contributed by atoms with Gasteiger partial charge in [-0.3, -0.25) is 10.2 Å². The van der Waals surface area contributed by atoms with Crippen LogP contribution in [0.1, 0.15) is 6.42 Å². The first-order valence-electron chi connectivity index (χ1n) is 5.59. The number of thioether (sulfide) groups is 1. The summed E-state index contributed by atoms with van der Waals surface area (Å²) in [7, 11) is 0. The quantitative estimate of drug-likeness (QED) is 0.648. The number of amidine groups is 1. The number of hydrogen-bond donors (Lipinski definition) is 2. The van der Waals surface area contributed by atoms with Crippen molar-refractivity contribution in [2.24, 2.45) is 11.7 Å². The number of nitrogens with zero attached hydrogens (tertiary/aromatic N) is 1. The van der Waals surface area contributed by atoms with Crippen LogP contribution in [0.15, 0.2) is 24.3 Å². The molecule has 1 heterocycles. The third-order valence-corrected chi connectivity index (χ3v) is 3.77. The smallest absolute Gasteiger partial charge is 0.227 e. The van der Waals surface area contributed by atoms with E-state index < -0.39 is 0 Å². The zero-order valence-corrected chi connectivity index (χ0v) is 10.5. The number of benzene rings is 1. The van der Waals surface area contributed by atoms with Crippen LogP contribution < -0.4 is 10.6 Å². The largest absolute Gasteiger partial charge is 0.379 e. The molecule has 18 heavy (non-hydrogen) atoms. The van der Waals surface area contributed by atoms with Gasteiger partial charge in [0.25, 0.3) is 0 Å². The molecular weight excluding hydrogens is 253 g/mol. The lowest BCUT2D eigenvalue weighted by molar-refractivity contribution is -0.117. The number of halogens is 1. The van der Waals surface area contributed by atoms with E-state index in [2.05, 4.69) is 0 Å². The fourth-order valence-corrected chi connectivity index (χ4v) is 2.61. The van der Waals surface area contributed by atoms with Crippen molar-refractivity contribution in [2.45, 2.75) is 6.42 Å². The second-order valence-electron chi connectivity index (χ2n) is 4.23. The minimum Gasteiger partial charge on any atom is -0.379 e. The van der Waals surface area contributed by atoms with Gasteiger partial charge in [0, 0.05) is 24.4 Å². The summed E-state index contributed by atoms with van der Waals surface area (Å²) in [6.07, 6.45) is 0.456. The molecule has 0 spiro atoms. The Bertz CT molecular complexity index is 463. The summed E-state index contributed by atoms with van der Waals surface area (Å²) in [5, 5.41) is 7.22. The minimum absolute atomic E-state index is 0.0377. The third kappa shape index (κ3) is 3.01. The van der Waals surface area contributed by atoms with Crippen LogP contribution in [-0.2, 0) is 4.79 Å². The summed E-state index contributed by atoms with van der Waals surface area (Å²) in [6, 6.07) is 5.90. The van der Waals surface area contributed by atoms with Crippen molar-refractivity contribution < 1.29 is 9.18 Å². The maximum Gasteiger partial charge on any atom is 0.227 e. The molecule has 1 fully saturated rings. The van der Waals surface area contributed by atoms with Crippen LogP contribution in [0.5, 0.6) is 0 Å². The van der Waals surface area contributed by atoms with Crippen LogP contribution in [0.25, 0.3) is 0 Å². The average molecular weight is 267 g/mol. The Labute approximate surface area is 109 Å². The number of nitrogens with one attached hydrogen (secondary N) is 1.